The molecule has 1 N–H and O–H groups in total. The number of rotatable bonds is 1. The minimum Gasteiger partial charge on any atom is -0.374 e. The van der Waals surface area contributed by atoms with Gasteiger partial charge >= 0.3 is 0 Å². The van der Waals surface area contributed by atoms with Gasteiger partial charge in [0.15, 0.2) is 0 Å². The van der Waals surface area contributed by atoms with E-state index in [0.717, 1.165) is 0 Å². The van der Waals surface area contributed by atoms with Crippen LogP contribution in [-0.4, -0.2) is 29.2 Å². The summed E-state index contributed by atoms with van der Waals surface area (Å²) in [6, 6.07) is 0. The average Bonchev–Trinajstić information content (AvgIpc) is 1.64. The van der Waals surface area contributed by atoms with Crippen LogP contribution >= 0.6 is 0 Å². The molecule has 3 nitrogen and oxygen atoms in total. The molecule has 0 aromatic rings. The van der Waals surface area contributed by atoms with Gasteiger partial charge in [0.25, 0.3) is 0 Å². The molecule has 0 aliphatic rings. The summed E-state index contributed by atoms with van der Waals surface area (Å²) >= 11 is 0. The first-order chi connectivity index (χ1) is 3.55. The second-order valence-corrected chi connectivity index (χ2v) is 1.76. The molecule has 0 fully saturated rings. The van der Waals surface area contributed by atoms with Crippen LogP contribution in [0.4, 0.5) is 0 Å². The first kappa shape index (κ1) is 7.43. The smallest absolute Gasteiger partial charge is 0.221 e. The molecular weight excluding hydrogens is 106 g/mol. The summed E-state index contributed by atoms with van der Waals surface area (Å²) < 4.78 is 0. The highest BCUT2D eigenvalue weighted by Crippen LogP contribution is 1.88. The van der Waals surface area contributed by atoms with Crippen LogP contribution in [0.3, 0.4) is 0 Å². The Labute approximate surface area is 48.9 Å². The quantitative estimate of drug-likeness (QED) is 0.483. The topological polar surface area (TPSA) is 40.5 Å². The molecule has 0 spiro atoms. The Bertz CT molecular complexity index is 90.4. The molecule has 1 atom stereocenters. The predicted molar refractivity (Wildman–Crippen MR) is 30.1 cm³/mol. The second-order valence-electron chi connectivity index (χ2n) is 1.76. The highest BCUT2D eigenvalue weighted by molar-refractivity contribution is 5.72. The summed E-state index contributed by atoms with van der Waals surface area (Å²) in [4.78, 5) is 11.6. The summed E-state index contributed by atoms with van der Waals surface area (Å²) in [5.41, 5.74) is 0. The van der Waals surface area contributed by atoms with E-state index < -0.39 is 6.23 Å². The van der Waals surface area contributed by atoms with Crippen molar-refractivity contribution in [3.8, 4) is 0 Å². The van der Waals surface area contributed by atoms with E-state index in [9.17, 15) is 4.79 Å². The van der Waals surface area contributed by atoms with Gasteiger partial charge in [-0.25, -0.2) is 0 Å². The molecule has 0 aromatic carbocycles. The van der Waals surface area contributed by atoms with Gasteiger partial charge < -0.3 is 10.0 Å². The molecule has 1 unspecified atom stereocenters. The van der Waals surface area contributed by atoms with Gasteiger partial charge in [0.1, 0.15) is 6.23 Å². The van der Waals surface area contributed by atoms with E-state index in [1.807, 2.05) is 0 Å². The Morgan fingerprint density at radius 2 is 2.12 bits per heavy atom. The molecule has 3 heteroatoms. The van der Waals surface area contributed by atoms with Crippen molar-refractivity contribution in [1.82, 2.24) is 4.90 Å². The Balaban J connectivity index is 3.64. The number of nitrogens with zero attached hydrogens (tertiary/aromatic N) is 1. The summed E-state index contributed by atoms with van der Waals surface area (Å²) in [7, 11) is 1.55. The van der Waals surface area contributed by atoms with E-state index in [2.05, 4.69) is 0 Å². The van der Waals surface area contributed by atoms with Gasteiger partial charge in [-0.15, -0.1) is 0 Å². The molecule has 0 aliphatic carbocycles. The minimum absolute atomic E-state index is 0.125. The van der Waals surface area contributed by atoms with Crippen molar-refractivity contribution in [1.29, 1.82) is 0 Å². The Kier molecular flexibility index (Phi) is 2.48. The lowest BCUT2D eigenvalue weighted by molar-refractivity contribution is -0.135. The van der Waals surface area contributed by atoms with Gasteiger partial charge in [-0.1, -0.05) is 0 Å². The molecule has 0 radical (unpaired) electrons. The predicted octanol–water partition coefficient (Wildman–Crippen LogP) is -0.197. The van der Waals surface area contributed by atoms with E-state index >= 15 is 0 Å². The van der Waals surface area contributed by atoms with Crippen LogP contribution in [-0.2, 0) is 4.79 Å². The first-order valence-electron chi connectivity index (χ1n) is 2.47. The van der Waals surface area contributed by atoms with Gasteiger partial charge in [-0.3, -0.25) is 4.79 Å². The van der Waals surface area contributed by atoms with Gasteiger partial charge in [0.2, 0.25) is 5.91 Å². The van der Waals surface area contributed by atoms with Crippen LogP contribution in [0.25, 0.3) is 0 Å². The van der Waals surface area contributed by atoms with Gasteiger partial charge in [-0.05, 0) is 6.92 Å². The first-order valence-corrected chi connectivity index (χ1v) is 2.47. The van der Waals surface area contributed by atoms with Crippen molar-refractivity contribution < 1.29 is 9.90 Å². The standard InChI is InChI=1S/C5H11NO2/c1-4(7)6(3)5(2)8/h4,7H,1-3H3. The Morgan fingerprint density at radius 1 is 1.75 bits per heavy atom. The Morgan fingerprint density at radius 3 is 2.12 bits per heavy atom. The lowest BCUT2D eigenvalue weighted by Gasteiger charge is -2.17. The fourth-order valence-electron chi connectivity index (χ4n) is 0.263. The average molecular weight is 117 g/mol. The fourth-order valence-corrected chi connectivity index (χ4v) is 0.263. The van der Waals surface area contributed by atoms with Gasteiger partial charge in [-0.2, -0.15) is 0 Å². The van der Waals surface area contributed by atoms with Gasteiger partial charge in [0, 0.05) is 14.0 Å². The SMILES string of the molecule is CC(=O)N(C)C(C)O. The maximum Gasteiger partial charge on any atom is 0.221 e. The molecule has 0 bridgehead atoms. The third-order valence-electron chi connectivity index (χ3n) is 1.06. The molecule has 0 aliphatic heterocycles. The minimum atomic E-state index is -0.674. The third-order valence-corrected chi connectivity index (χ3v) is 1.06. The Hall–Kier alpha value is -0.570. The number of carbonyl (C=O) groups excluding carboxylic acids is 1. The number of hydrogen-bond donors (Lipinski definition) is 1. The van der Waals surface area contributed by atoms with Crippen LogP contribution in [0.5, 0.6) is 0 Å². The van der Waals surface area contributed by atoms with E-state index in [0.29, 0.717) is 0 Å². The molecule has 0 rings (SSSR count). The summed E-state index contributed by atoms with van der Waals surface area (Å²) in [5.74, 6) is -0.125. The van der Waals surface area contributed by atoms with E-state index in [4.69, 9.17) is 5.11 Å². The zero-order valence-corrected chi connectivity index (χ0v) is 5.38. The number of aliphatic hydroxyl groups is 1. The normalized spacial score (nSPS) is 13.0. The molecule has 0 saturated carbocycles. The largest absolute Gasteiger partial charge is 0.374 e. The number of hydrogen-bond acceptors (Lipinski definition) is 2. The molecule has 8 heavy (non-hydrogen) atoms. The molecule has 1 amide bonds. The zero-order chi connectivity index (χ0) is 6.73. The van der Waals surface area contributed by atoms with Crippen molar-refractivity contribution in [3.05, 3.63) is 0 Å². The van der Waals surface area contributed by atoms with Crippen molar-refractivity contribution >= 4 is 5.91 Å². The van der Waals surface area contributed by atoms with E-state index in [1.165, 1.54) is 11.8 Å². The maximum absolute atomic E-state index is 10.4. The molecule has 0 saturated heterocycles. The number of aliphatic hydroxyl groups excluding tert-OH is 1. The maximum atomic E-state index is 10.4. The monoisotopic (exact) mass is 117 g/mol. The van der Waals surface area contributed by atoms with Crippen LogP contribution in [0, 0.1) is 0 Å². The van der Waals surface area contributed by atoms with Crippen LogP contribution in [0.2, 0.25) is 0 Å². The van der Waals surface area contributed by atoms with Gasteiger partial charge in [0.05, 0.1) is 0 Å². The van der Waals surface area contributed by atoms with Crippen molar-refractivity contribution in [3.63, 3.8) is 0 Å². The second kappa shape index (κ2) is 2.67. The van der Waals surface area contributed by atoms with E-state index in [-0.39, 0.29) is 5.91 Å². The van der Waals surface area contributed by atoms with E-state index in [1.54, 1.807) is 14.0 Å². The van der Waals surface area contributed by atoms with Crippen molar-refractivity contribution in [2.45, 2.75) is 20.1 Å². The highest BCUT2D eigenvalue weighted by atomic mass is 16.3. The number of amides is 1. The fraction of sp³-hybridized carbons (Fsp3) is 0.800. The summed E-state index contributed by atoms with van der Waals surface area (Å²) in [5, 5.41) is 8.70. The highest BCUT2D eigenvalue weighted by Gasteiger charge is 2.05. The van der Waals surface area contributed by atoms with Crippen LogP contribution < -0.4 is 0 Å². The number of carbonyl (C=O) groups is 1. The van der Waals surface area contributed by atoms with Crippen LogP contribution in [0.15, 0.2) is 0 Å². The van der Waals surface area contributed by atoms with Crippen LogP contribution in [0.1, 0.15) is 13.8 Å². The molecular formula is C5H11NO2. The zero-order valence-electron chi connectivity index (χ0n) is 5.38. The molecule has 48 valence electrons. The lowest BCUT2D eigenvalue weighted by atomic mass is 10.5. The lowest BCUT2D eigenvalue weighted by Crippen LogP contribution is -2.32. The van der Waals surface area contributed by atoms with Crippen molar-refractivity contribution in [2.75, 3.05) is 7.05 Å². The van der Waals surface area contributed by atoms with Crippen molar-refractivity contribution in [2.24, 2.45) is 0 Å². The summed E-state index contributed by atoms with van der Waals surface area (Å²) in [6.45, 7) is 2.95. The molecule has 0 heterocycles. The summed E-state index contributed by atoms with van der Waals surface area (Å²) in [6.07, 6.45) is -0.674. The molecule has 0 aromatic heterocycles. The third kappa shape index (κ3) is 1.93.